The monoisotopic (exact) mass is 562 g/mol. The smallest absolute Gasteiger partial charge is 0.320 e. The van der Waals surface area contributed by atoms with Crippen LogP contribution in [0.1, 0.15) is 79.1 Å². The molecular formula is C31H46O9. The van der Waals surface area contributed by atoms with Gasteiger partial charge in [-0.25, -0.2) is 0 Å². The molecule has 4 aliphatic rings. The van der Waals surface area contributed by atoms with Gasteiger partial charge >= 0.3 is 23.9 Å². The minimum absolute atomic E-state index is 0.000650. The summed E-state index contributed by atoms with van der Waals surface area (Å²) in [5.74, 6) is -2.47. The molecule has 4 rings (SSSR count). The van der Waals surface area contributed by atoms with Crippen LogP contribution in [0.4, 0.5) is 0 Å². The number of carbonyl (C=O) groups excluding carboxylic acids is 5. The normalized spacial score (nSPS) is 31.4. The lowest BCUT2D eigenvalue weighted by molar-refractivity contribution is -0.175. The zero-order valence-electron chi connectivity index (χ0n) is 24.5. The van der Waals surface area contributed by atoms with Gasteiger partial charge in [0.15, 0.2) is 11.8 Å². The maximum Gasteiger partial charge on any atom is 0.320 e. The van der Waals surface area contributed by atoms with Crippen molar-refractivity contribution in [3.8, 4) is 0 Å². The van der Waals surface area contributed by atoms with E-state index in [1.165, 1.54) is 0 Å². The standard InChI is InChI=1S/C16H24O4.C15H22O5/c1-4-11-7-16(8-11)9-12(10-16)13(14(17)19-5-2)15(18)20-6-3;1-3-19-13(17)12(14(18)20-4-2)11-7-15(8-11)5-10(6-15)9-16/h4,11-13H,1,5-10H2,2-3H3;9-12H,3-8H2,1-2H3. The Bertz CT molecular complexity index is 816. The average molecular weight is 563 g/mol. The van der Waals surface area contributed by atoms with E-state index in [1.807, 2.05) is 6.08 Å². The van der Waals surface area contributed by atoms with Gasteiger partial charge < -0.3 is 23.7 Å². The van der Waals surface area contributed by atoms with Gasteiger partial charge in [-0.2, -0.15) is 0 Å². The Hall–Kier alpha value is -2.71. The summed E-state index contributed by atoms with van der Waals surface area (Å²) in [6.07, 6.45) is 10.6. The highest BCUT2D eigenvalue weighted by Gasteiger charge is 2.58. The van der Waals surface area contributed by atoms with Crippen LogP contribution in [-0.4, -0.2) is 56.6 Å². The Morgan fingerprint density at radius 1 is 0.625 bits per heavy atom. The van der Waals surface area contributed by atoms with Crippen molar-refractivity contribution >= 4 is 30.2 Å². The number of ether oxygens (including phenoxy) is 4. The quantitative estimate of drug-likeness (QED) is 0.112. The van der Waals surface area contributed by atoms with Crippen LogP contribution < -0.4 is 0 Å². The molecule has 40 heavy (non-hydrogen) atoms. The fourth-order valence-corrected chi connectivity index (χ4v) is 7.50. The maximum atomic E-state index is 12.0. The van der Waals surface area contributed by atoms with Crippen LogP contribution in [0.15, 0.2) is 12.7 Å². The summed E-state index contributed by atoms with van der Waals surface area (Å²) >= 11 is 0. The molecule has 0 radical (unpaired) electrons. The minimum atomic E-state index is -0.796. The zero-order valence-corrected chi connectivity index (χ0v) is 24.5. The molecule has 0 aromatic carbocycles. The van der Waals surface area contributed by atoms with Crippen molar-refractivity contribution in [3.63, 3.8) is 0 Å². The summed E-state index contributed by atoms with van der Waals surface area (Å²) in [4.78, 5) is 58.6. The molecule has 4 fully saturated rings. The molecule has 4 saturated carbocycles. The molecule has 2 spiro atoms. The number of aldehydes is 1. The molecule has 0 aromatic heterocycles. The molecule has 0 saturated heterocycles. The van der Waals surface area contributed by atoms with Gasteiger partial charge in [-0.3, -0.25) is 19.2 Å². The summed E-state index contributed by atoms with van der Waals surface area (Å²) in [6.45, 7) is 11.9. The lowest BCUT2D eigenvalue weighted by Crippen LogP contribution is -2.52. The third-order valence-electron chi connectivity index (χ3n) is 9.19. The van der Waals surface area contributed by atoms with Crippen LogP contribution in [0, 0.1) is 46.3 Å². The second-order valence-corrected chi connectivity index (χ2v) is 12.0. The zero-order chi connectivity index (χ0) is 29.5. The van der Waals surface area contributed by atoms with Crippen molar-refractivity contribution in [1.29, 1.82) is 0 Å². The lowest BCUT2D eigenvalue weighted by atomic mass is 9.46. The van der Waals surface area contributed by atoms with Crippen LogP contribution >= 0.6 is 0 Å². The lowest BCUT2D eigenvalue weighted by Gasteiger charge is -2.58. The van der Waals surface area contributed by atoms with Crippen molar-refractivity contribution in [1.82, 2.24) is 0 Å². The first-order chi connectivity index (χ1) is 19.1. The van der Waals surface area contributed by atoms with Gasteiger partial charge in [-0.15, -0.1) is 6.58 Å². The van der Waals surface area contributed by atoms with E-state index >= 15 is 0 Å². The highest BCUT2D eigenvalue weighted by atomic mass is 16.6. The van der Waals surface area contributed by atoms with E-state index in [0.717, 1.165) is 57.7 Å². The largest absolute Gasteiger partial charge is 0.465 e. The number of allylic oxidation sites excluding steroid dienone is 1. The summed E-state index contributed by atoms with van der Waals surface area (Å²) in [6, 6.07) is 0. The fourth-order valence-electron chi connectivity index (χ4n) is 7.50. The molecule has 0 N–H and O–H groups in total. The van der Waals surface area contributed by atoms with Crippen LogP contribution in [0.5, 0.6) is 0 Å². The first-order valence-electron chi connectivity index (χ1n) is 14.8. The molecule has 0 atom stereocenters. The molecule has 0 bridgehead atoms. The van der Waals surface area contributed by atoms with Crippen LogP contribution in [0.25, 0.3) is 0 Å². The van der Waals surface area contributed by atoms with Crippen molar-refractivity contribution in [2.45, 2.75) is 79.1 Å². The number of hydrogen-bond donors (Lipinski definition) is 0. The summed E-state index contributed by atoms with van der Waals surface area (Å²) in [5.41, 5.74) is 0.536. The molecule has 0 amide bonds. The third kappa shape index (κ3) is 6.95. The molecule has 0 aliphatic heterocycles. The molecule has 9 heteroatoms. The first-order valence-corrected chi connectivity index (χ1v) is 14.8. The Balaban J connectivity index is 0.000000220. The molecule has 0 heterocycles. The molecule has 224 valence electrons. The molecule has 9 nitrogen and oxygen atoms in total. The van der Waals surface area contributed by atoms with Crippen molar-refractivity contribution in [2.24, 2.45) is 46.3 Å². The fraction of sp³-hybridized carbons (Fsp3) is 0.774. The Labute approximate surface area is 237 Å². The molecule has 4 aliphatic carbocycles. The van der Waals surface area contributed by atoms with Crippen molar-refractivity contribution in [3.05, 3.63) is 12.7 Å². The van der Waals surface area contributed by atoms with Gasteiger partial charge in [0.1, 0.15) is 6.29 Å². The first kappa shape index (κ1) is 31.8. The van der Waals surface area contributed by atoms with E-state index in [-0.39, 0.29) is 36.4 Å². The number of rotatable bonds is 12. The Morgan fingerprint density at radius 3 is 1.18 bits per heavy atom. The molecular weight excluding hydrogens is 516 g/mol. The predicted octanol–water partition coefficient (Wildman–Crippen LogP) is 4.46. The van der Waals surface area contributed by atoms with E-state index in [9.17, 15) is 24.0 Å². The third-order valence-corrected chi connectivity index (χ3v) is 9.19. The van der Waals surface area contributed by atoms with Crippen LogP contribution in [0.2, 0.25) is 0 Å². The summed E-state index contributed by atoms with van der Waals surface area (Å²) in [7, 11) is 0. The average Bonchev–Trinajstić information content (AvgIpc) is 2.81. The highest BCUT2D eigenvalue weighted by Crippen LogP contribution is 2.63. The second kappa shape index (κ2) is 13.8. The Kier molecular flexibility index (Phi) is 11.0. The van der Waals surface area contributed by atoms with E-state index in [2.05, 4.69) is 6.58 Å². The Morgan fingerprint density at radius 2 is 0.925 bits per heavy atom. The van der Waals surface area contributed by atoms with Crippen molar-refractivity contribution < 1.29 is 42.9 Å². The molecule has 0 unspecified atom stereocenters. The summed E-state index contributed by atoms with van der Waals surface area (Å²) < 4.78 is 20.1. The van der Waals surface area contributed by atoms with Gasteiger partial charge in [0.25, 0.3) is 0 Å². The maximum absolute atomic E-state index is 12.0. The van der Waals surface area contributed by atoms with Gasteiger partial charge in [0, 0.05) is 5.92 Å². The van der Waals surface area contributed by atoms with Crippen LogP contribution in [-0.2, 0) is 42.9 Å². The van der Waals surface area contributed by atoms with Gasteiger partial charge in [-0.1, -0.05) is 6.08 Å². The van der Waals surface area contributed by atoms with Gasteiger partial charge in [-0.05, 0) is 108 Å². The number of hydrogen-bond acceptors (Lipinski definition) is 9. The van der Waals surface area contributed by atoms with Gasteiger partial charge in [0.2, 0.25) is 0 Å². The second-order valence-electron chi connectivity index (χ2n) is 12.0. The SMILES string of the molecule is C=CC1CC2(C1)CC(C(C(=O)OCC)C(=O)OCC)C2.CCOC(=O)C(C(=O)OCC)C1CC2(CC(C=O)C2)C1. The van der Waals surface area contributed by atoms with E-state index in [0.29, 0.717) is 24.5 Å². The number of esters is 4. The van der Waals surface area contributed by atoms with Crippen LogP contribution in [0.3, 0.4) is 0 Å². The highest BCUT2D eigenvalue weighted by molar-refractivity contribution is 5.96. The van der Waals surface area contributed by atoms with E-state index in [1.54, 1.807) is 27.7 Å². The van der Waals surface area contributed by atoms with E-state index < -0.39 is 35.7 Å². The predicted molar refractivity (Wildman–Crippen MR) is 146 cm³/mol. The van der Waals surface area contributed by atoms with Crippen molar-refractivity contribution in [2.75, 3.05) is 26.4 Å². The minimum Gasteiger partial charge on any atom is -0.465 e. The van der Waals surface area contributed by atoms with E-state index in [4.69, 9.17) is 18.9 Å². The number of carbonyl (C=O) groups is 5. The summed E-state index contributed by atoms with van der Waals surface area (Å²) in [5, 5.41) is 0. The van der Waals surface area contributed by atoms with Gasteiger partial charge in [0.05, 0.1) is 26.4 Å². The topological polar surface area (TPSA) is 122 Å². The molecule has 0 aromatic rings.